The lowest BCUT2D eigenvalue weighted by molar-refractivity contribution is -0.119. The van der Waals surface area contributed by atoms with Crippen molar-refractivity contribution in [3.63, 3.8) is 0 Å². The second kappa shape index (κ2) is 8.29. The molecule has 8 nitrogen and oxygen atoms in total. The lowest BCUT2D eigenvalue weighted by atomic mass is 10.2. The maximum absolute atomic E-state index is 12.7. The number of rotatable bonds is 6. The van der Waals surface area contributed by atoms with E-state index in [-0.39, 0.29) is 16.3 Å². The van der Waals surface area contributed by atoms with E-state index in [0.717, 1.165) is 4.31 Å². The summed E-state index contributed by atoms with van der Waals surface area (Å²) in [6.45, 7) is 1.54. The van der Waals surface area contributed by atoms with Gasteiger partial charge in [0.25, 0.3) is 10.0 Å². The minimum atomic E-state index is -3.92. The monoisotopic (exact) mass is 472 g/mol. The Morgan fingerprint density at radius 2 is 1.50 bits per heavy atom. The Morgan fingerprint density at radius 3 is 2.06 bits per heavy atom. The number of para-hydroxylation sites is 1. The summed E-state index contributed by atoms with van der Waals surface area (Å²) in [5, 5.41) is 0. The highest BCUT2D eigenvalue weighted by molar-refractivity contribution is 7.94. The lowest BCUT2D eigenvalue weighted by Gasteiger charge is -2.16. The van der Waals surface area contributed by atoms with Crippen molar-refractivity contribution in [3.05, 3.63) is 78.9 Å². The van der Waals surface area contributed by atoms with Gasteiger partial charge in [-0.2, -0.15) is 0 Å². The van der Waals surface area contributed by atoms with Crippen LogP contribution in [-0.4, -0.2) is 28.5 Å². The van der Waals surface area contributed by atoms with E-state index in [1.54, 1.807) is 31.2 Å². The summed E-state index contributed by atoms with van der Waals surface area (Å²) in [6.07, 6.45) is 0. The number of carbonyl (C=O) groups is 1. The van der Waals surface area contributed by atoms with Crippen LogP contribution < -0.4 is 13.8 Å². The van der Waals surface area contributed by atoms with Crippen LogP contribution >= 0.6 is 0 Å². The van der Waals surface area contributed by atoms with E-state index < -0.39 is 31.9 Å². The smallest absolute Gasteiger partial charge is 0.261 e. The molecule has 1 unspecified atom stereocenters. The number of hydrogen-bond donors (Lipinski definition) is 1. The molecule has 0 saturated carbocycles. The van der Waals surface area contributed by atoms with Gasteiger partial charge in [0.05, 0.1) is 22.3 Å². The van der Waals surface area contributed by atoms with Gasteiger partial charge < -0.3 is 4.74 Å². The van der Waals surface area contributed by atoms with Gasteiger partial charge in [-0.3, -0.25) is 9.52 Å². The second-order valence-corrected chi connectivity index (χ2v) is 10.9. The van der Waals surface area contributed by atoms with Gasteiger partial charge in [0, 0.05) is 5.69 Å². The van der Waals surface area contributed by atoms with Crippen molar-refractivity contribution in [2.45, 2.75) is 11.8 Å². The molecule has 3 aromatic rings. The molecule has 0 bridgehead atoms. The van der Waals surface area contributed by atoms with E-state index in [1.165, 1.54) is 24.3 Å². The first-order valence-electron chi connectivity index (χ1n) is 9.68. The van der Waals surface area contributed by atoms with Crippen molar-refractivity contribution in [1.82, 2.24) is 0 Å². The van der Waals surface area contributed by atoms with Crippen LogP contribution in [0.1, 0.15) is 6.92 Å². The highest BCUT2D eigenvalue weighted by Crippen LogP contribution is 2.29. The molecule has 1 N–H and O–H groups in total. The third kappa shape index (κ3) is 4.46. The van der Waals surface area contributed by atoms with E-state index in [2.05, 4.69) is 4.72 Å². The van der Waals surface area contributed by atoms with Gasteiger partial charge in [-0.05, 0) is 60.7 Å². The Bertz CT molecular complexity index is 1340. The van der Waals surface area contributed by atoms with Gasteiger partial charge in [-0.1, -0.05) is 25.1 Å². The molecule has 1 heterocycles. The van der Waals surface area contributed by atoms with E-state index >= 15 is 0 Å². The molecule has 1 atom stereocenters. The number of nitrogens with zero attached hydrogens (tertiary/aromatic N) is 1. The van der Waals surface area contributed by atoms with Gasteiger partial charge in [0.2, 0.25) is 15.9 Å². The zero-order valence-corrected chi connectivity index (χ0v) is 18.6. The van der Waals surface area contributed by atoms with E-state index in [9.17, 15) is 21.6 Å². The third-order valence-electron chi connectivity index (χ3n) is 4.83. The van der Waals surface area contributed by atoms with Gasteiger partial charge in [-0.25, -0.2) is 21.1 Å². The Balaban J connectivity index is 1.49. The molecule has 10 heteroatoms. The number of carbonyl (C=O) groups excluding carboxylic acids is 1. The van der Waals surface area contributed by atoms with Crippen LogP contribution in [0.5, 0.6) is 11.5 Å². The quantitative estimate of drug-likeness (QED) is 0.587. The fraction of sp³-hybridized carbons (Fsp3) is 0.136. The van der Waals surface area contributed by atoms with Crippen LogP contribution in [0, 0.1) is 5.92 Å². The molecule has 0 aliphatic carbocycles. The van der Waals surface area contributed by atoms with Crippen molar-refractivity contribution >= 4 is 37.3 Å². The number of sulfonamides is 2. The van der Waals surface area contributed by atoms with Gasteiger partial charge >= 0.3 is 0 Å². The first-order valence-corrected chi connectivity index (χ1v) is 12.8. The maximum atomic E-state index is 12.7. The lowest BCUT2D eigenvalue weighted by Crippen LogP contribution is -2.30. The average molecular weight is 473 g/mol. The van der Waals surface area contributed by atoms with Crippen LogP contribution in [-0.2, 0) is 24.8 Å². The molecule has 1 fully saturated rings. The Kier molecular flexibility index (Phi) is 5.66. The molecular weight excluding hydrogens is 452 g/mol. The first-order chi connectivity index (χ1) is 15.2. The van der Waals surface area contributed by atoms with Crippen LogP contribution in [0.15, 0.2) is 83.8 Å². The van der Waals surface area contributed by atoms with E-state index in [0.29, 0.717) is 17.2 Å². The van der Waals surface area contributed by atoms with Gasteiger partial charge in [-0.15, -0.1) is 0 Å². The molecule has 1 aliphatic heterocycles. The number of amides is 1. The summed E-state index contributed by atoms with van der Waals surface area (Å²) in [6, 6.07) is 20.7. The standard InChI is InChI=1S/C22H20N2O6S2/c1-16-15-31(26,27)24(22(16)25)18-9-13-21(14-10-18)32(28,29)23-17-7-11-20(12-8-17)30-19-5-3-2-4-6-19/h2-14,16,23H,15H2,1H3. The SMILES string of the molecule is CC1CS(=O)(=O)N(c2ccc(S(=O)(=O)Nc3ccc(Oc4ccccc4)cc3)cc2)C1=O. The predicted molar refractivity (Wildman–Crippen MR) is 121 cm³/mol. The first kappa shape index (κ1) is 21.8. The summed E-state index contributed by atoms with van der Waals surface area (Å²) >= 11 is 0. The molecule has 3 aromatic carbocycles. The topological polar surface area (TPSA) is 110 Å². The summed E-state index contributed by atoms with van der Waals surface area (Å²) in [7, 11) is -7.68. The molecule has 1 saturated heterocycles. The summed E-state index contributed by atoms with van der Waals surface area (Å²) in [5.41, 5.74) is 0.446. The maximum Gasteiger partial charge on any atom is 0.261 e. The van der Waals surface area contributed by atoms with Crippen LogP contribution in [0.25, 0.3) is 0 Å². The average Bonchev–Trinajstić information content (AvgIpc) is 2.96. The van der Waals surface area contributed by atoms with Crippen molar-refractivity contribution < 1.29 is 26.4 Å². The van der Waals surface area contributed by atoms with Crippen LogP contribution in [0.2, 0.25) is 0 Å². The Labute approximate surface area is 186 Å². The zero-order valence-electron chi connectivity index (χ0n) is 17.0. The number of hydrogen-bond acceptors (Lipinski definition) is 6. The Hall–Kier alpha value is -3.37. The van der Waals surface area contributed by atoms with Gasteiger partial charge in [0.15, 0.2) is 0 Å². The second-order valence-electron chi connectivity index (χ2n) is 7.32. The van der Waals surface area contributed by atoms with Crippen molar-refractivity contribution in [2.75, 3.05) is 14.8 Å². The molecule has 1 aliphatic rings. The molecule has 1 amide bonds. The Morgan fingerprint density at radius 1 is 0.906 bits per heavy atom. The number of benzene rings is 3. The number of anilines is 2. The third-order valence-corrected chi connectivity index (χ3v) is 8.09. The van der Waals surface area contributed by atoms with Crippen LogP contribution in [0.4, 0.5) is 11.4 Å². The highest BCUT2D eigenvalue weighted by Gasteiger charge is 2.41. The minimum Gasteiger partial charge on any atom is -0.457 e. The number of ether oxygens (including phenoxy) is 1. The van der Waals surface area contributed by atoms with Gasteiger partial charge in [0.1, 0.15) is 11.5 Å². The molecule has 0 aromatic heterocycles. The van der Waals surface area contributed by atoms with Crippen molar-refractivity contribution in [3.8, 4) is 11.5 Å². The van der Waals surface area contributed by atoms with Crippen molar-refractivity contribution in [2.24, 2.45) is 5.92 Å². The fourth-order valence-corrected chi connectivity index (χ4v) is 6.16. The molecule has 32 heavy (non-hydrogen) atoms. The zero-order chi connectivity index (χ0) is 22.9. The largest absolute Gasteiger partial charge is 0.457 e. The fourth-order valence-electron chi connectivity index (χ4n) is 3.28. The van der Waals surface area contributed by atoms with Crippen molar-refractivity contribution in [1.29, 1.82) is 0 Å². The molecule has 0 radical (unpaired) electrons. The predicted octanol–water partition coefficient (Wildman–Crippen LogP) is 3.59. The molecule has 166 valence electrons. The van der Waals surface area contributed by atoms with Crippen LogP contribution in [0.3, 0.4) is 0 Å². The summed E-state index contributed by atoms with van der Waals surface area (Å²) in [4.78, 5) is 12.1. The molecular formula is C22H20N2O6S2. The van der Waals surface area contributed by atoms with E-state index in [1.807, 2.05) is 30.3 Å². The summed E-state index contributed by atoms with van der Waals surface area (Å²) < 4.78 is 58.7. The molecule has 4 rings (SSSR count). The molecule has 0 spiro atoms. The number of nitrogens with one attached hydrogen (secondary N) is 1. The minimum absolute atomic E-state index is 0.0667. The normalized spacial score (nSPS) is 17.8. The van der Waals surface area contributed by atoms with E-state index in [4.69, 9.17) is 4.74 Å². The highest BCUT2D eigenvalue weighted by atomic mass is 32.2. The summed E-state index contributed by atoms with van der Waals surface area (Å²) in [5.74, 6) is -0.226.